The van der Waals surface area contributed by atoms with E-state index >= 15 is 0 Å². The van der Waals surface area contributed by atoms with Gasteiger partial charge in [0.05, 0.1) is 32.7 Å². The normalized spacial score (nSPS) is 16.4. The Hall–Kier alpha value is -2.44. The van der Waals surface area contributed by atoms with Crippen LogP contribution in [-0.2, 0) is 0 Å². The van der Waals surface area contributed by atoms with Crippen molar-refractivity contribution in [2.75, 3.05) is 81.0 Å². The molecule has 1 aliphatic rings. The summed E-state index contributed by atoms with van der Waals surface area (Å²) < 4.78 is 1.22. The zero-order valence-electron chi connectivity index (χ0n) is 17.7. The molecule has 0 amide bonds. The van der Waals surface area contributed by atoms with Gasteiger partial charge in [0.25, 0.3) is 0 Å². The van der Waals surface area contributed by atoms with Crippen LogP contribution in [0.2, 0.25) is 0 Å². The number of nitrogens with zero attached hydrogens (tertiary/aromatic N) is 2. The topological polar surface area (TPSA) is 79.3 Å². The van der Waals surface area contributed by atoms with Crippen LogP contribution in [0.5, 0.6) is 0 Å². The second-order valence-electron chi connectivity index (χ2n) is 8.18. The molecule has 29 heavy (non-hydrogen) atoms. The average Bonchev–Trinajstić information content (AvgIpc) is 2.73. The summed E-state index contributed by atoms with van der Waals surface area (Å²) in [6.45, 7) is 12.6. The van der Waals surface area contributed by atoms with E-state index in [9.17, 15) is 0 Å². The number of anilines is 4. The van der Waals surface area contributed by atoms with Crippen molar-refractivity contribution < 1.29 is 4.48 Å². The van der Waals surface area contributed by atoms with Gasteiger partial charge in [-0.15, -0.1) is 0 Å². The van der Waals surface area contributed by atoms with Crippen molar-refractivity contribution in [1.82, 2.24) is 4.90 Å². The molecule has 2 aromatic carbocycles. The molecule has 0 spiro atoms. The van der Waals surface area contributed by atoms with E-state index in [4.69, 9.17) is 11.5 Å². The van der Waals surface area contributed by atoms with Crippen LogP contribution in [0.3, 0.4) is 0 Å². The number of hydrogen-bond acceptors (Lipinski definition) is 5. The van der Waals surface area contributed by atoms with Crippen molar-refractivity contribution in [3.63, 3.8) is 0 Å². The second kappa shape index (κ2) is 10.4. The van der Waals surface area contributed by atoms with Crippen molar-refractivity contribution in [2.24, 2.45) is 0 Å². The van der Waals surface area contributed by atoms with Crippen LogP contribution in [0.1, 0.15) is 13.3 Å². The molecule has 0 bridgehead atoms. The molecule has 6 heteroatoms. The summed E-state index contributed by atoms with van der Waals surface area (Å²) in [7, 11) is 0. The smallest absolute Gasteiger partial charge is 0.0962 e. The number of nitrogens with one attached hydrogen (secondary N) is 2. The van der Waals surface area contributed by atoms with Gasteiger partial charge < -0.3 is 26.6 Å². The molecule has 0 aromatic heterocycles. The first-order valence-electron chi connectivity index (χ1n) is 10.8. The molecule has 0 unspecified atom stereocenters. The second-order valence-corrected chi connectivity index (χ2v) is 8.18. The van der Waals surface area contributed by atoms with Crippen LogP contribution < -0.4 is 22.1 Å². The molecule has 1 aliphatic heterocycles. The van der Waals surface area contributed by atoms with Crippen molar-refractivity contribution in [1.29, 1.82) is 0 Å². The lowest BCUT2D eigenvalue weighted by atomic mass is 10.2. The molecular formula is C23H37N6+. The lowest BCUT2D eigenvalue weighted by Gasteiger charge is -2.45. The van der Waals surface area contributed by atoms with Gasteiger partial charge in [-0.3, -0.25) is 4.90 Å². The Morgan fingerprint density at radius 1 is 0.793 bits per heavy atom. The van der Waals surface area contributed by atoms with Crippen molar-refractivity contribution in [2.45, 2.75) is 13.3 Å². The SMILES string of the molecule is CCC[N+]1(CCNc2ccc(N)cc2)CCN(CCNc2ccc(N)cc2)CC1. The third-order valence-electron chi connectivity index (χ3n) is 5.97. The van der Waals surface area contributed by atoms with Gasteiger partial charge in [0.15, 0.2) is 0 Å². The number of nitrogens with two attached hydrogens (primary N) is 2. The van der Waals surface area contributed by atoms with E-state index in [-0.39, 0.29) is 0 Å². The third-order valence-corrected chi connectivity index (χ3v) is 5.97. The van der Waals surface area contributed by atoms with E-state index in [0.717, 1.165) is 42.4 Å². The maximum absolute atomic E-state index is 5.77. The zero-order valence-corrected chi connectivity index (χ0v) is 17.7. The molecular weight excluding hydrogens is 360 g/mol. The Kier molecular flexibility index (Phi) is 7.61. The highest BCUT2D eigenvalue weighted by atomic mass is 15.4. The van der Waals surface area contributed by atoms with Gasteiger partial charge >= 0.3 is 0 Å². The maximum Gasteiger partial charge on any atom is 0.0962 e. The van der Waals surface area contributed by atoms with E-state index in [2.05, 4.69) is 34.6 Å². The first-order chi connectivity index (χ1) is 14.1. The highest BCUT2D eigenvalue weighted by Crippen LogP contribution is 2.16. The molecule has 1 fully saturated rings. The minimum absolute atomic E-state index is 0.808. The fraction of sp³-hybridized carbons (Fsp3) is 0.478. The molecule has 2 aromatic rings. The number of nitrogen functional groups attached to an aromatic ring is 2. The minimum atomic E-state index is 0.808. The standard InChI is InChI=1S/C23H37N6/c1-2-16-29(17-12-27-23-9-5-21(25)6-10-23)18-14-28(15-19-29)13-11-26-22-7-3-20(24)4-8-22/h3-10,26-27H,2,11-19,24-25H2,1H3/q+1. The van der Waals surface area contributed by atoms with Crippen molar-refractivity contribution in [3.05, 3.63) is 48.5 Å². The highest BCUT2D eigenvalue weighted by Gasteiger charge is 2.31. The number of rotatable bonds is 10. The monoisotopic (exact) mass is 397 g/mol. The van der Waals surface area contributed by atoms with E-state index < -0.39 is 0 Å². The largest absolute Gasteiger partial charge is 0.399 e. The fourth-order valence-electron chi connectivity index (χ4n) is 4.19. The van der Waals surface area contributed by atoms with Crippen LogP contribution in [0.25, 0.3) is 0 Å². The lowest BCUT2D eigenvalue weighted by Crippen LogP contribution is -2.61. The summed E-state index contributed by atoms with van der Waals surface area (Å²) >= 11 is 0. The first-order valence-corrected chi connectivity index (χ1v) is 10.8. The van der Waals surface area contributed by atoms with Crippen LogP contribution in [-0.4, -0.2) is 68.3 Å². The van der Waals surface area contributed by atoms with Gasteiger partial charge in [-0.1, -0.05) is 6.92 Å². The van der Waals surface area contributed by atoms with Gasteiger partial charge in [0.2, 0.25) is 0 Å². The number of benzene rings is 2. The van der Waals surface area contributed by atoms with E-state index in [0.29, 0.717) is 0 Å². The molecule has 1 saturated heterocycles. The van der Waals surface area contributed by atoms with Gasteiger partial charge in [-0.2, -0.15) is 0 Å². The van der Waals surface area contributed by atoms with E-state index in [1.54, 1.807) is 0 Å². The van der Waals surface area contributed by atoms with Crippen LogP contribution >= 0.6 is 0 Å². The maximum atomic E-state index is 5.77. The molecule has 6 nitrogen and oxygen atoms in total. The molecule has 1 heterocycles. The van der Waals surface area contributed by atoms with Crippen molar-refractivity contribution >= 4 is 22.7 Å². The van der Waals surface area contributed by atoms with E-state index in [1.807, 2.05) is 36.4 Å². The summed E-state index contributed by atoms with van der Waals surface area (Å²) in [5.74, 6) is 0. The molecule has 0 aliphatic carbocycles. The summed E-state index contributed by atoms with van der Waals surface area (Å²) in [4.78, 5) is 2.59. The Balaban J connectivity index is 1.41. The fourth-order valence-corrected chi connectivity index (χ4v) is 4.19. The summed E-state index contributed by atoms with van der Waals surface area (Å²) in [5, 5.41) is 7.07. The number of quaternary nitrogens is 1. The Labute approximate surface area is 175 Å². The summed E-state index contributed by atoms with van der Waals surface area (Å²) in [5.41, 5.74) is 15.4. The molecule has 3 rings (SSSR count). The van der Waals surface area contributed by atoms with E-state index in [1.165, 1.54) is 50.2 Å². The van der Waals surface area contributed by atoms with Gasteiger partial charge in [-0.25, -0.2) is 0 Å². The average molecular weight is 398 g/mol. The summed E-state index contributed by atoms with van der Waals surface area (Å²) in [6, 6.07) is 16.0. The lowest BCUT2D eigenvalue weighted by molar-refractivity contribution is -0.930. The molecule has 158 valence electrons. The molecule has 0 radical (unpaired) electrons. The third kappa shape index (κ3) is 6.54. The molecule has 0 saturated carbocycles. The number of hydrogen-bond donors (Lipinski definition) is 4. The highest BCUT2D eigenvalue weighted by molar-refractivity contribution is 5.51. The van der Waals surface area contributed by atoms with Gasteiger partial charge in [-0.05, 0) is 55.0 Å². The summed E-state index contributed by atoms with van der Waals surface area (Å²) in [6.07, 6.45) is 1.24. The quantitative estimate of drug-likeness (QED) is 0.366. The van der Waals surface area contributed by atoms with Gasteiger partial charge in [0, 0.05) is 48.9 Å². The van der Waals surface area contributed by atoms with Crippen LogP contribution in [0.4, 0.5) is 22.7 Å². The Morgan fingerprint density at radius 2 is 1.31 bits per heavy atom. The molecule has 0 atom stereocenters. The first kappa shape index (κ1) is 21.3. The predicted octanol–water partition coefficient (Wildman–Crippen LogP) is 2.92. The van der Waals surface area contributed by atoms with Crippen LogP contribution in [0, 0.1) is 0 Å². The Morgan fingerprint density at radius 3 is 1.83 bits per heavy atom. The predicted molar refractivity (Wildman–Crippen MR) is 125 cm³/mol. The van der Waals surface area contributed by atoms with Crippen LogP contribution in [0.15, 0.2) is 48.5 Å². The van der Waals surface area contributed by atoms with Crippen molar-refractivity contribution in [3.8, 4) is 0 Å². The molecule has 6 N–H and O–H groups in total. The zero-order chi connectivity index (χ0) is 20.5. The minimum Gasteiger partial charge on any atom is -0.399 e. The Bertz CT molecular complexity index is 720. The van der Waals surface area contributed by atoms with Gasteiger partial charge in [0.1, 0.15) is 0 Å². The number of piperazine rings is 1.